The number of carbonyl (C=O) groups excluding carboxylic acids is 1. The second kappa shape index (κ2) is 6.98. The van der Waals surface area contributed by atoms with E-state index >= 15 is 0 Å². The molecule has 0 aromatic carbocycles. The molecule has 1 aliphatic heterocycles. The average Bonchev–Trinajstić information content (AvgIpc) is 2.63. The number of hydrazone groups is 1. The molecule has 9 nitrogen and oxygen atoms in total. The number of hydrogen-bond acceptors (Lipinski definition) is 7. The summed E-state index contributed by atoms with van der Waals surface area (Å²) in [6.45, 7) is 0. The Kier molecular flexibility index (Phi) is 5.95. The Balaban J connectivity index is 0.000000673. The van der Waals surface area contributed by atoms with Gasteiger partial charge >= 0.3 is 0 Å². The molecule has 1 amide bonds. The van der Waals surface area contributed by atoms with Gasteiger partial charge in [0.15, 0.2) is 5.71 Å². The van der Waals surface area contributed by atoms with Gasteiger partial charge in [0.1, 0.15) is 6.34 Å². The standard InChI is InChI=1S/C6H10N6O.CH2N2/c1-12(2)11-10-6-4(5(7)13)8-3-9-6;2-1-3/h3,11H,1-2H3,(H2,7,13);2-3H/b10-6-;. The lowest BCUT2D eigenvalue weighted by Gasteiger charge is -2.07. The summed E-state index contributed by atoms with van der Waals surface area (Å²) < 4.78 is 0. The van der Waals surface area contributed by atoms with Crippen LogP contribution in [0.5, 0.6) is 0 Å². The number of amidine groups is 1. The van der Waals surface area contributed by atoms with Crippen LogP contribution >= 0.6 is 0 Å². The lowest BCUT2D eigenvalue weighted by atomic mass is 10.3. The van der Waals surface area contributed by atoms with Gasteiger partial charge in [-0.05, 0) is 0 Å². The zero-order valence-electron chi connectivity index (χ0n) is 8.85. The molecule has 1 rings (SSSR count). The summed E-state index contributed by atoms with van der Waals surface area (Å²) in [6, 6.07) is 1.25. The molecule has 0 saturated heterocycles. The predicted molar refractivity (Wildman–Crippen MR) is 59.8 cm³/mol. The molecule has 5 N–H and O–H groups in total. The van der Waals surface area contributed by atoms with Crippen LogP contribution in [-0.2, 0) is 4.79 Å². The van der Waals surface area contributed by atoms with Crippen LogP contribution in [0.4, 0.5) is 0 Å². The zero-order valence-corrected chi connectivity index (χ0v) is 8.85. The van der Waals surface area contributed by atoms with Crippen LogP contribution < -0.4 is 11.3 Å². The second-order valence-corrected chi connectivity index (χ2v) is 2.64. The Labute approximate surface area is 91.7 Å². The highest BCUT2D eigenvalue weighted by Crippen LogP contribution is 1.93. The van der Waals surface area contributed by atoms with Crippen molar-refractivity contribution < 1.29 is 4.79 Å². The third-order valence-corrected chi connectivity index (χ3v) is 1.17. The van der Waals surface area contributed by atoms with Gasteiger partial charge in [-0.2, -0.15) is 0 Å². The SMILES string of the molecule is CN(C)N/N=C1\N=CN=C1C(N)=O.N=C=N. The van der Waals surface area contributed by atoms with Crippen molar-refractivity contribution in [1.82, 2.24) is 10.5 Å². The number of primary amides is 1. The summed E-state index contributed by atoms with van der Waals surface area (Å²) in [6.07, 6.45) is 1.23. The highest BCUT2D eigenvalue weighted by molar-refractivity contribution is 6.68. The molecule has 0 unspecified atom stereocenters. The third-order valence-electron chi connectivity index (χ3n) is 1.17. The van der Waals surface area contributed by atoms with Gasteiger partial charge in [-0.15, -0.1) is 5.10 Å². The summed E-state index contributed by atoms with van der Waals surface area (Å²) in [4.78, 5) is 18.1. The summed E-state index contributed by atoms with van der Waals surface area (Å²) in [5.41, 5.74) is 7.68. The molecular weight excluding hydrogens is 212 g/mol. The lowest BCUT2D eigenvalue weighted by Crippen LogP contribution is -2.32. The van der Waals surface area contributed by atoms with E-state index in [-0.39, 0.29) is 11.5 Å². The fourth-order valence-electron chi connectivity index (χ4n) is 0.663. The maximum absolute atomic E-state index is 10.7. The first-order chi connectivity index (χ1) is 7.52. The van der Waals surface area contributed by atoms with Gasteiger partial charge in [0, 0.05) is 14.1 Å². The van der Waals surface area contributed by atoms with Crippen LogP contribution in [0.15, 0.2) is 15.1 Å². The summed E-state index contributed by atoms with van der Waals surface area (Å²) in [5, 5.41) is 16.6. The number of aliphatic imine (C=N–C) groups is 2. The summed E-state index contributed by atoms with van der Waals surface area (Å²) >= 11 is 0. The highest BCUT2D eigenvalue weighted by Gasteiger charge is 2.17. The normalized spacial score (nSPS) is 15.2. The number of nitrogens with one attached hydrogen (secondary N) is 3. The molecule has 0 aromatic rings. The number of carbonyl (C=O) groups is 1. The molecular formula is C7H12N8O. The van der Waals surface area contributed by atoms with Crippen LogP contribution in [0, 0.1) is 10.8 Å². The minimum atomic E-state index is -0.642. The van der Waals surface area contributed by atoms with E-state index in [2.05, 4.69) is 20.6 Å². The Morgan fingerprint density at radius 3 is 2.62 bits per heavy atom. The van der Waals surface area contributed by atoms with Crippen LogP contribution in [0.25, 0.3) is 0 Å². The molecule has 0 aromatic heterocycles. The van der Waals surface area contributed by atoms with Gasteiger partial charge in [-0.3, -0.25) is 4.79 Å². The molecule has 0 atom stereocenters. The maximum atomic E-state index is 10.7. The minimum absolute atomic E-state index is 0.0642. The number of nitrogens with two attached hydrogens (primary N) is 1. The Hall–Kier alpha value is -2.38. The second-order valence-electron chi connectivity index (χ2n) is 2.64. The average molecular weight is 224 g/mol. The first-order valence-electron chi connectivity index (χ1n) is 4.02. The number of nitrogens with zero attached hydrogens (tertiary/aromatic N) is 4. The molecule has 0 bridgehead atoms. The quantitative estimate of drug-likeness (QED) is 0.347. The van der Waals surface area contributed by atoms with Crippen molar-refractivity contribution in [3.8, 4) is 0 Å². The van der Waals surface area contributed by atoms with E-state index in [1.165, 1.54) is 12.3 Å². The highest BCUT2D eigenvalue weighted by atomic mass is 16.1. The molecule has 9 heteroatoms. The van der Waals surface area contributed by atoms with Crippen molar-refractivity contribution in [3.05, 3.63) is 0 Å². The molecule has 0 saturated carbocycles. The van der Waals surface area contributed by atoms with Crippen molar-refractivity contribution in [1.29, 1.82) is 10.8 Å². The number of rotatable bonds is 3. The van der Waals surface area contributed by atoms with E-state index < -0.39 is 5.91 Å². The summed E-state index contributed by atoms with van der Waals surface area (Å²) in [5.74, 6) is -0.446. The topological polar surface area (TPSA) is 143 Å². The molecule has 0 radical (unpaired) electrons. The van der Waals surface area contributed by atoms with Crippen LogP contribution in [0.2, 0.25) is 0 Å². The fraction of sp³-hybridized carbons (Fsp3) is 0.286. The molecule has 1 heterocycles. The van der Waals surface area contributed by atoms with E-state index in [0.717, 1.165) is 0 Å². The third kappa shape index (κ3) is 4.74. The smallest absolute Gasteiger partial charge is 0.271 e. The van der Waals surface area contributed by atoms with Gasteiger partial charge in [-0.1, -0.05) is 0 Å². The van der Waals surface area contributed by atoms with Crippen molar-refractivity contribution in [2.24, 2.45) is 20.8 Å². The number of hydrazine groups is 1. The first kappa shape index (κ1) is 13.6. The van der Waals surface area contributed by atoms with E-state index in [1.807, 2.05) is 0 Å². The van der Waals surface area contributed by atoms with Crippen molar-refractivity contribution >= 4 is 29.8 Å². The zero-order chi connectivity index (χ0) is 12.6. The van der Waals surface area contributed by atoms with E-state index in [9.17, 15) is 4.79 Å². The Morgan fingerprint density at radius 1 is 1.62 bits per heavy atom. The van der Waals surface area contributed by atoms with E-state index in [0.29, 0.717) is 0 Å². The van der Waals surface area contributed by atoms with Gasteiger partial charge in [0.05, 0.1) is 6.01 Å². The summed E-state index contributed by atoms with van der Waals surface area (Å²) in [7, 11) is 3.51. The number of hydrogen-bond donors (Lipinski definition) is 4. The first-order valence-corrected chi connectivity index (χ1v) is 4.02. The van der Waals surface area contributed by atoms with Crippen LogP contribution in [0.3, 0.4) is 0 Å². The fourth-order valence-corrected chi connectivity index (χ4v) is 0.663. The van der Waals surface area contributed by atoms with E-state index in [1.54, 1.807) is 19.1 Å². The predicted octanol–water partition coefficient (Wildman–Crippen LogP) is -1.35. The molecule has 0 spiro atoms. The van der Waals surface area contributed by atoms with Gasteiger partial charge in [-0.25, -0.2) is 31.3 Å². The monoisotopic (exact) mass is 224 g/mol. The molecule has 0 aliphatic carbocycles. The van der Waals surface area contributed by atoms with Crippen LogP contribution in [-0.4, -0.2) is 48.9 Å². The van der Waals surface area contributed by atoms with Gasteiger partial charge in [0.2, 0.25) is 5.84 Å². The molecule has 0 fully saturated rings. The minimum Gasteiger partial charge on any atom is -0.364 e. The van der Waals surface area contributed by atoms with Gasteiger partial charge < -0.3 is 5.73 Å². The molecule has 16 heavy (non-hydrogen) atoms. The molecule has 86 valence electrons. The molecule has 1 aliphatic rings. The van der Waals surface area contributed by atoms with Gasteiger partial charge in [0.25, 0.3) is 5.91 Å². The Morgan fingerprint density at radius 2 is 2.19 bits per heavy atom. The Bertz CT molecular complexity index is 374. The largest absolute Gasteiger partial charge is 0.364 e. The van der Waals surface area contributed by atoms with Crippen LogP contribution in [0.1, 0.15) is 0 Å². The van der Waals surface area contributed by atoms with E-state index in [4.69, 9.17) is 16.6 Å². The van der Waals surface area contributed by atoms with Crippen molar-refractivity contribution in [3.63, 3.8) is 0 Å². The number of amides is 1. The maximum Gasteiger partial charge on any atom is 0.271 e. The lowest BCUT2D eigenvalue weighted by molar-refractivity contribution is -0.111. The van der Waals surface area contributed by atoms with Crippen molar-refractivity contribution in [2.45, 2.75) is 0 Å². The van der Waals surface area contributed by atoms with Crippen molar-refractivity contribution in [2.75, 3.05) is 14.1 Å².